The monoisotopic (exact) mass is 464 g/mol. The van der Waals surface area contributed by atoms with Crippen molar-refractivity contribution in [2.45, 2.75) is 29.9 Å². The number of aliphatic hydroxyl groups is 1. The molecule has 3 rings (SSSR count). The van der Waals surface area contributed by atoms with Crippen LogP contribution in [-0.2, 0) is 32.6 Å². The van der Waals surface area contributed by atoms with Gasteiger partial charge in [0, 0.05) is 12.6 Å². The molecule has 0 unspecified atom stereocenters. The van der Waals surface area contributed by atoms with Crippen molar-refractivity contribution in [1.29, 1.82) is 0 Å². The van der Waals surface area contributed by atoms with Crippen LogP contribution in [0.15, 0.2) is 47.4 Å². The van der Waals surface area contributed by atoms with Gasteiger partial charge in [0.25, 0.3) is 15.9 Å². The molecule has 11 heteroatoms. The molecule has 1 aliphatic heterocycles. The van der Waals surface area contributed by atoms with E-state index in [9.17, 15) is 28.2 Å². The Morgan fingerprint density at radius 3 is 2.38 bits per heavy atom. The zero-order chi connectivity index (χ0) is 23.5. The van der Waals surface area contributed by atoms with Crippen LogP contribution in [0.4, 0.5) is 0 Å². The van der Waals surface area contributed by atoms with E-state index < -0.39 is 40.6 Å². The number of nitrogens with one attached hydrogen (secondary N) is 1. The molecule has 1 heterocycles. The van der Waals surface area contributed by atoms with Crippen LogP contribution < -0.4 is 14.8 Å². The Morgan fingerprint density at radius 2 is 1.78 bits per heavy atom. The first-order valence-corrected chi connectivity index (χ1v) is 11.1. The zero-order valence-corrected chi connectivity index (χ0v) is 18.3. The number of methoxy groups -OCH3 is 2. The molecule has 0 aliphatic carbocycles. The van der Waals surface area contributed by atoms with Crippen molar-refractivity contribution < 1.29 is 37.7 Å². The van der Waals surface area contributed by atoms with Gasteiger partial charge in [0.15, 0.2) is 17.5 Å². The van der Waals surface area contributed by atoms with Gasteiger partial charge in [-0.3, -0.25) is 4.79 Å². The normalized spacial score (nSPS) is 16.5. The smallest absolute Gasteiger partial charge is 0.330 e. The lowest BCUT2D eigenvalue weighted by Crippen LogP contribution is -2.57. The molecule has 3 N–H and O–H groups in total. The summed E-state index contributed by atoms with van der Waals surface area (Å²) in [6.07, 6.45) is 0.171. The van der Waals surface area contributed by atoms with E-state index >= 15 is 0 Å². The van der Waals surface area contributed by atoms with Gasteiger partial charge in [0.05, 0.1) is 31.8 Å². The van der Waals surface area contributed by atoms with Crippen LogP contribution >= 0.6 is 0 Å². The second-order valence-corrected chi connectivity index (χ2v) is 8.91. The molecule has 0 fully saturated rings. The van der Waals surface area contributed by atoms with E-state index in [-0.39, 0.29) is 27.1 Å². The summed E-state index contributed by atoms with van der Waals surface area (Å²) in [5, 5.41) is 22.2. The molecule has 0 saturated carbocycles. The van der Waals surface area contributed by atoms with E-state index in [4.69, 9.17) is 9.47 Å². The van der Waals surface area contributed by atoms with Gasteiger partial charge in [-0.15, -0.1) is 0 Å². The summed E-state index contributed by atoms with van der Waals surface area (Å²) in [5.74, 6) is -2.29. The van der Waals surface area contributed by atoms with E-state index in [1.807, 2.05) is 18.2 Å². The van der Waals surface area contributed by atoms with Gasteiger partial charge in [-0.1, -0.05) is 24.3 Å². The van der Waals surface area contributed by atoms with E-state index in [1.54, 1.807) is 6.07 Å². The maximum absolute atomic E-state index is 13.4. The highest BCUT2D eigenvalue weighted by molar-refractivity contribution is 7.89. The Labute approximate surface area is 185 Å². The number of aliphatic carboxylic acids is 1. The molecule has 2 aromatic carbocycles. The minimum absolute atomic E-state index is 0.0848. The molecule has 2 atom stereocenters. The predicted molar refractivity (Wildman–Crippen MR) is 113 cm³/mol. The molecular weight excluding hydrogens is 440 g/mol. The maximum Gasteiger partial charge on any atom is 0.330 e. The number of carbonyl (C=O) groups excluding carboxylic acids is 1. The van der Waals surface area contributed by atoms with Crippen LogP contribution in [0.25, 0.3) is 0 Å². The summed E-state index contributed by atoms with van der Waals surface area (Å²) in [6, 6.07) is 8.01. The molecule has 0 saturated heterocycles. The fourth-order valence-electron chi connectivity index (χ4n) is 3.57. The lowest BCUT2D eigenvalue weighted by atomic mass is 9.95. The lowest BCUT2D eigenvalue weighted by Gasteiger charge is -2.33. The molecule has 0 radical (unpaired) electrons. The van der Waals surface area contributed by atoms with Gasteiger partial charge in [0.2, 0.25) is 0 Å². The zero-order valence-electron chi connectivity index (χ0n) is 17.5. The molecule has 0 spiro atoms. The maximum atomic E-state index is 13.4. The highest BCUT2D eigenvalue weighted by Gasteiger charge is 2.43. The first kappa shape index (κ1) is 23.5. The number of amides is 1. The second kappa shape index (κ2) is 9.55. The Morgan fingerprint density at radius 1 is 1.12 bits per heavy atom. The summed E-state index contributed by atoms with van der Waals surface area (Å²) < 4.78 is 37.4. The first-order valence-electron chi connectivity index (χ1n) is 9.68. The Bertz CT molecular complexity index is 1120. The quantitative estimate of drug-likeness (QED) is 0.505. The number of rotatable bonds is 8. The van der Waals surface area contributed by atoms with Crippen molar-refractivity contribution in [3.8, 4) is 11.5 Å². The standard InChI is InChI=1S/C21H24N2O8S/c1-30-18-8-7-15(10-19(18)31-2)32(28,29)23(17(12-24)21(26)27)20(25)16-9-13-5-3-4-6-14(13)11-22-16/h3-8,10,16-17,22,24H,9,11-12H2,1-2H3,(H,26,27)/t16-,17-/m0/s1. The number of hydrogen-bond donors (Lipinski definition) is 3. The number of aliphatic hydroxyl groups excluding tert-OH is 1. The topological polar surface area (TPSA) is 142 Å². The molecule has 0 bridgehead atoms. The van der Waals surface area contributed by atoms with Crippen molar-refractivity contribution in [2.75, 3.05) is 20.8 Å². The van der Waals surface area contributed by atoms with Gasteiger partial charge in [-0.05, 0) is 29.7 Å². The van der Waals surface area contributed by atoms with Crippen LogP contribution in [-0.4, -0.2) is 67.7 Å². The molecule has 10 nitrogen and oxygen atoms in total. The molecule has 32 heavy (non-hydrogen) atoms. The molecule has 2 aromatic rings. The van der Waals surface area contributed by atoms with Gasteiger partial charge in [0.1, 0.15) is 0 Å². The third kappa shape index (κ3) is 4.40. The van der Waals surface area contributed by atoms with Crippen molar-refractivity contribution in [3.63, 3.8) is 0 Å². The minimum atomic E-state index is -4.67. The average molecular weight is 464 g/mol. The van der Waals surface area contributed by atoms with Crippen LogP contribution in [0.5, 0.6) is 11.5 Å². The number of nitrogens with zero attached hydrogens (tertiary/aromatic N) is 1. The van der Waals surface area contributed by atoms with Crippen LogP contribution in [0.3, 0.4) is 0 Å². The van der Waals surface area contributed by atoms with Gasteiger partial charge < -0.3 is 25.0 Å². The minimum Gasteiger partial charge on any atom is -0.493 e. The summed E-state index contributed by atoms with van der Waals surface area (Å²) in [5.41, 5.74) is 1.81. The van der Waals surface area contributed by atoms with E-state index in [2.05, 4.69) is 5.32 Å². The number of benzene rings is 2. The van der Waals surface area contributed by atoms with E-state index in [0.29, 0.717) is 6.54 Å². The fraction of sp³-hybridized carbons (Fsp3) is 0.333. The van der Waals surface area contributed by atoms with E-state index in [0.717, 1.165) is 17.2 Å². The average Bonchev–Trinajstić information content (AvgIpc) is 2.80. The summed E-state index contributed by atoms with van der Waals surface area (Å²) in [6.45, 7) is -0.773. The van der Waals surface area contributed by atoms with Crippen LogP contribution in [0.1, 0.15) is 11.1 Å². The number of carboxylic acid groups (broad SMARTS) is 1. The summed E-state index contributed by atoms with van der Waals surface area (Å²) in [7, 11) is -1.98. The Kier molecular flexibility index (Phi) is 7.02. The van der Waals surface area contributed by atoms with E-state index in [1.165, 1.54) is 26.4 Å². The second-order valence-electron chi connectivity index (χ2n) is 7.10. The number of carbonyl (C=O) groups is 2. The number of sulfonamides is 1. The number of carboxylic acids is 1. The van der Waals surface area contributed by atoms with Crippen LogP contribution in [0, 0.1) is 0 Å². The third-order valence-corrected chi connectivity index (χ3v) is 7.05. The molecule has 0 aromatic heterocycles. The fourth-order valence-corrected chi connectivity index (χ4v) is 5.14. The largest absolute Gasteiger partial charge is 0.493 e. The summed E-state index contributed by atoms with van der Waals surface area (Å²) >= 11 is 0. The summed E-state index contributed by atoms with van der Waals surface area (Å²) in [4.78, 5) is 24.8. The molecule has 172 valence electrons. The number of fused-ring (bicyclic) bond motifs is 1. The Balaban J connectivity index is 2.05. The molecule has 1 amide bonds. The molecule has 1 aliphatic rings. The van der Waals surface area contributed by atoms with Crippen molar-refractivity contribution in [3.05, 3.63) is 53.6 Å². The third-order valence-electron chi connectivity index (χ3n) is 5.25. The lowest BCUT2D eigenvalue weighted by molar-refractivity contribution is -0.148. The van der Waals surface area contributed by atoms with Gasteiger partial charge >= 0.3 is 5.97 Å². The van der Waals surface area contributed by atoms with Crippen molar-refractivity contribution >= 4 is 21.9 Å². The predicted octanol–water partition coefficient (Wildman–Crippen LogP) is 0.381. The number of hydrogen-bond acceptors (Lipinski definition) is 8. The number of ether oxygens (including phenoxy) is 2. The SMILES string of the molecule is COc1ccc(S(=O)(=O)N(C(=O)[C@@H]2Cc3ccccc3CN2)[C@@H](CO)C(=O)O)cc1OC. The Hall–Kier alpha value is -3.15. The van der Waals surface area contributed by atoms with Crippen LogP contribution in [0.2, 0.25) is 0 Å². The van der Waals surface area contributed by atoms with Gasteiger partial charge in [-0.25, -0.2) is 17.5 Å². The highest BCUT2D eigenvalue weighted by atomic mass is 32.2. The van der Waals surface area contributed by atoms with Gasteiger partial charge in [-0.2, -0.15) is 0 Å². The van der Waals surface area contributed by atoms with Crippen molar-refractivity contribution in [1.82, 2.24) is 9.62 Å². The van der Waals surface area contributed by atoms with Crippen molar-refractivity contribution in [2.24, 2.45) is 0 Å². The highest BCUT2D eigenvalue weighted by Crippen LogP contribution is 2.32. The first-order chi connectivity index (χ1) is 15.2. The molecular formula is C21H24N2O8S.